The van der Waals surface area contributed by atoms with E-state index < -0.39 is 18.3 Å². The van der Waals surface area contributed by atoms with Crippen LogP contribution in [0.25, 0.3) is 0 Å². The van der Waals surface area contributed by atoms with Crippen molar-refractivity contribution in [2.24, 2.45) is 0 Å². The van der Waals surface area contributed by atoms with Crippen molar-refractivity contribution < 1.29 is 9.90 Å². The summed E-state index contributed by atoms with van der Waals surface area (Å²) in [7, 11) is 0. The molecule has 0 aliphatic carbocycles. The molecule has 0 saturated carbocycles. The van der Waals surface area contributed by atoms with Crippen LogP contribution in [-0.4, -0.2) is 23.4 Å². The Labute approximate surface area is 46.0 Å². The molecule has 0 rings (SSSR count). The predicted octanol–water partition coefficient (Wildman–Crippen LogP) is 1.32. The molecule has 0 atom stereocenters. The average Bonchev–Trinajstić information content (AvgIpc) is 1.31. The zero-order valence-electron chi connectivity index (χ0n) is 4.86. The van der Waals surface area contributed by atoms with Crippen molar-refractivity contribution in [2.45, 2.75) is 17.1 Å². The predicted molar refractivity (Wildman–Crippen MR) is 32.8 cm³/mol. The third kappa shape index (κ3) is 2.69. The maximum absolute atomic E-state index is 10.1. The second kappa shape index (κ2) is 1.87. The zero-order chi connectivity index (χ0) is 6.08. The van der Waals surface area contributed by atoms with Gasteiger partial charge in [-0.1, -0.05) is 0 Å². The minimum atomic E-state index is -2.25. The van der Waals surface area contributed by atoms with Gasteiger partial charge in [-0.25, -0.2) is 0 Å². The van der Waals surface area contributed by atoms with E-state index >= 15 is 0 Å². The zero-order valence-corrected chi connectivity index (χ0v) is 6.95. The molecule has 0 saturated heterocycles. The monoisotopic (exact) mass is 166 g/mol. The molecular weight excluding hydrogens is 155 g/mol. The molecule has 1 N–H and O–H groups in total. The fourth-order valence-electron chi connectivity index (χ4n) is 0. The van der Waals surface area contributed by atoms with Gasteiger partial charge in [0, 0.05) is 0 Å². The Morgan fingerprint density at radius 1 is 1.43 bits per heavy atom. The molecule has 0 amide bonds. The quantitative estimate of drug-likeness (QED) is 0.596. The Bertz CT molecular complexity index is 82.2. The van der Waals surface area contributed by atoms with Gasteiger partial charge >= 0.3 is 45.3 Å². The number of carbonyl (C=O) groups is 1. The van der Waals surface area contributed by atoms with Crippen LogP contribution in [-0.2, 0) is 0 Å². The Kier molecular flexibility index (Phi) is 1.88. The van der Waals surface area contributed by atoms with Crippen molar-refractivity contribution in [1.82, 2.24) is 0 Å². The van der Waals surface area contributed by atoms with Crippen molar-refractivity contribution in [3.05, 3.63) is 0 Å². The van der Waals surface area contributed by atoms with Crippen molar-refractivity contribution in [3.8, 4) is 0 Å². The molecule has 2 nitrogen and oxygen atoms in total. The Morgan fingerprint density at radius 2 is 1.57 bits per heavy atom. The van der Waals surface area contributed by atoms with Crippen molar-refractivity contribution in [3.63, 3.8) is 0 Å². The second-order valence-corrected chi connectivity index (χ2v) is 12.9. The van der Waals surface area contributed by atoms with Crippen LogP contribution in [0.3, 0.4) is 0 Å². The first-order chi connectivity index (χ1) is 2.94. The summed E-state index contributed by atoms with van der Waals surface area (Å²) < 4.78 is -0.569. The van der Waals surface area contributed by atoms with Crippen LogP contribution in [0.15, 0.2) is 0 Å². The summed E-state index contributed by atoms with van der Waals surface area (Å²) in [5.41, 5.74) is 5.55. The SMILES string of the molecule is C[AsH](C)(C)C(=O)O. The average molecular weight is 166 g/mol. The van der Waals surface area contributed by atoms with Gasteiger partial charge in [-0.15, -0.1) is 0 Å². The maximum atomic E-state index is 10.1. The van der Waals surface area contributed by atoms with Crippen LogP contribution >= 0.6 is 0 Å². The molecular formula is C4H11AsO2. The number of hydrogen-bond donors (Lipinski definition) is 1. The molecule has 44 valence electrons. The summed E-state index contributed by atoms with van der Waals surface area (Å²) in [6, 6.07) is 0. The van der Waals surface area contributed by atoms with Gasteiger partial charge in [-0.3, -0.25) is 0 Å². The van der Waals surface area contributed by atoms with Gasteiger partial charge in [-0.05, 0) is 0 Å². The Balaban J connectivity index is 3.79. The number of rotatable bonds is 1. The van der Waals surface area contributed by atoms with Crippen LogP contribution in [0.5, 0.6) is 0 Å². The summed E-state index contributed by atoms with van der Waals surface area (Å²) in [4.78, 5) is 10.1. The third-order valence-electron chi connectivity index (χ3n) is 0.642. The first kappa shape index (κ1) is 7.03. The van der Waals surface area contributed by atoms with Crippen LogP contribution in [0.2, 0.25) is 17.1 Å². The van der Waals surface area contributed by atoms with E-state index in [0.717, 1.165) is 0 Å². The summed E-state index contributed by atoms with van der Waals surface area (Å²) in [6.45, 7) is 0. The van der Waals surface area contributed by atoms with Crippen LogP contribution < -0.4 is 0 Å². The van der Waals surface area contributed by atoms with Crippen molar-refractivity contribution in [2.75, 3.05) is 0 Å². The first-order valence-corrected chi connectivity index (χ1v) is 9.52. The van der Waals surface area contributed by atoms with Crippen molar-refractivity contribution in [1.29, 1.82) is 0 Å². The van der Waals surface area contributed by atoms with E-state index in [2.05, 4.69) is 0 Å². The summed E-state index contributed by atoms with van der Waals surface area (Å²) in [5, 5.41) is 8.33. The molecule has 0 fully saturated rings. The normalized spacial score (nSPS) is 13.6. The van der Waals surface area contributed by atoms with E-state index in [1.165, 1.54) is 0 Å². The van der Waals surface area contributed by atoms with Crippen LogP contribution in [0.1, 0.15) is 0 Å². The summed E-state index contributed by atoms with van der Waals surface area (Å²) >= 11 is -2.25. The van der Waals surface area contributed by atoms with Gasteiger partial charge in [-0.2, -0.15) is 0 Å². The van der Waals surface area contributed by atoms with Gasteiger partial charge in [0.1, 0.15) is 0 Å². The Hall–Kier alpha value is 0.0284. The van der Waals surface area contributed by atoms with Gasteiger partial charge < -0.3 is 0 Å². The summed E-state index contributed by atoms with van der Waals surface area (Å²) in [5.74, 6) is 0. The van der Waals surface area contributed by atoms with E-state index in [4.69, 9.17) is 5.11 Å². The molecule has 0 aromatic heterocycles. The van der Waals surface area contributed by atoms with E-state index in [0.29, 0.717) is 0 Å². The van der Waals surface area contributed by atoms with Gasteiger partial charge in [0.15, 0.2) is 0 Å². The van der Waals surface area contributed by atoms with E-state index in [-0.39, 0.29) is 0 Å². The molecule has 3 heteroatoms. The van der Waals surface area contributed by atoms with Crippen LogP contribution in [0.4, 0.5) is 4.79 Å². The number of carboxylic acid groups (broad SMARTS) is 1. The molecule has 0 aromatic carbocycles. The summed E-state index contributed by atoms with van der Waals surface area (Å²) in [6.07, 6.45) is 0. The molecule has 0 radical (unpaired) electrons. The third-order valence-corrected chi connectivity index (χ3v) is 3.33. The first-order valence-electron chi connectivity index (χ1n) is 2.18. The van der Waals surface area contributed by atoms with Crippen LogP contribution in [0, 0.1) is 0 Å². The van der Waals surface area contributed by atoms with E-state index in [9.17, 15) is 4.79 Å². The Morgan fingerprint density at radius 3 is 1.57 bits per heavy atom. The molecule has 7 heavy (non-hydrogen) atoms. The van der Waals surface area contributed by atoms with Gasteiger partial charge in [0.05, 0.1) is 0 Å². The second-order valence-electron chi connectivity index (χ2n) is 2.56. The van der Waals surface area contributed by atoms with Crippen molar-refractivity contribution >= 4 is 18.3 Å². The molecule has 0 heterocycles. The van der Waals surface area contributed by atoms with E-state index in [1.54, 1.807) is 0 Å². The fraction of sp³-hybridized carbons (Fsp3) is 0.750. The molecule has 0 aliphatic heterocycles. The van der Waals surface area contributed by atoms with E-state index in [1.807, 2.05) is 17.1 Å². The minimum absolute atomic E-state index is 0.569. The molecule has 0 bridgehead atoms. The molecule has 0 aromatic rings. The fourth-order valence-corrected chi connectivity index (χ4v) is 0. The molecule has 0 aliphatic rings. The van der Waals surface area contributed by atoms with Gasteiger partial charge in [0.25, 0.3) is 0 Å². The van der Waals surface area contributed by atoms with Gasteiger partial charge in [0.2, 0.25) is 0 Å². The number of hydrogen-bond acceptors (Lipinski definition) is 1. The molecule has 0 unspecified atom stereocenters. The topological polar surface area (TPSA) is 37.3 Å². The standard InChI is InChI=1S/C4H11AsO2/c1-5(2,3)4(6)7/h5H,1-3H3,(H,6,7). The molecule has 0 spiro atoms.